The van der Waals surface area contributed by atoms with Crippen LogP contribution in [-0.2, 0) is 4.79 Å². The first-order valence-corrected chi connectivity index (χ1v) is 8.61. The second kappa shape index (κ2) is 7.79. The molecule has 0 bridgehead atoms. The average molecular weight is 313 g/mol. The SMILES string of the molecule is Nc1ccc(Cl)cc1NC(=O)CCSCC1CCCC1. The van der Waals surface area contributed by atoms with Crippen LogP contribution < -0.4 is 11.1 Å². The second-order valence-electron chi connectivity index (χ2n) is 5.26. The quantitative estimate of drug-likeness (QED) is 0.612. The van der Waals surface area contributed by atoms with Crippen LogP contribution in [-0.4, -0.2) is 17.4 Å². The number of hydrogen-bond acceptors (Lipinski definition) is 3. The highest BCUT2D eigenvalue weighted by atomic mass is 35.5. The van der Waals surface area contributed by atoms with Gasteiger partial charge in [-0.05, 0) is 42.7 Å². The first-order chi connectivity index (χ1) is 9.65. The number of nitrogens with two attached hydrogens (primary N) is 1. The molecule has 2 rings (SSSR count). The molecule has 0 unspecified atom stereocenters. The Bertz CT molecular complexity index is 461. The van der Waals surface area contributed by atoms with Crippen LogP contribution in [0.2, 0.25) is 5.02 Å². The fourth-order valence-corrected chi connectivity index (χ4v) is 3.78. The monoisotopic (exact) mass is 312 g/mol. The zero-order valence-electron chi connectivity index (χ0n) is 11.5. The van der Waals surface area contributed by atoms with Crippen molar-refractivity contribution >= 4 is 40.6 Å². The number of rotatable bonds is 6. The minimum Gasteiger partial charge on any atom is -0.397 e. The van der Waals surface area contributed by atoms with Gasteiger partial charge in [0.2, 0.25) is 5.91 Å². The van der Waals surface area contributed by atoms with Crippen molar-refractivity contribution in [3.8, 4) is 0 Å². The van der Waals surface area contributed by atoms with Gasteiger partial charge in [0.15, 0.2) is 0 Å². The third-order valence-corrected chi connectivity index (χ3v) is 5.03. The van der Waals surface area contributed by atoms with Gasteiger partial charge in [0.05, 0.1) is 11.4 Å². The van der Waals surface area contributed by atoms with Crippen LogP contribution in [0.25, 0.3) is 0 Å². The predicted molar refractivity (Wildman–Crippen MR) is 88.4 cm³/mol. The van der Waals surface area contributed by atoms with Gasteiger partial charge in [-0.2, -0.15) is 11.8 Å². The van der Waals surface area contributed by atoms with E-state index in [0.717, 1.165) is 11.7 Å². The van der Waals surface area contributed by atoms with Crippen molar-refractivity contribution in [1.29, 1.82) is 0 Å². The van der Waals surface area contributed by atoms with E-state index in [4.69, 9.17) is 17.3 Å². The Kier molecular flexibility index (Phi) is 6.05. The Hall–Kier alpha value is -0.870. The molecule has 20 heavy (non-hydrogen) atoms. The molecule has 3 N–H and O–H groups in total. The maximum atomic E-state index is 11.8. The number of hydrogen-bond donors (Lipinski definition) is 2. The zero-order chi connectivity index (χ0) is 14.4. The molecule has 0 aromatic heterocycles. The summed E-state index contributed by atoms with van der Waals surface area (Å²) in [5.74, 6) is 2.92. The number of nitrogens with one attached hydrogen (secondary N) is 1. The van der Waals surface area contributed by atoms with Gasteiger partial charge >= 0.3 is 0 Å². The van der Waals surface area contributed by atoms with E-state index in [-0.39, 0.29) is 5.91 Å². The second-order valence-corrected chi connectivity index (χ2v) is 6.84. The van der Waals surface area contributed by atoms with Crippen molar-refractivity contribution in [2.75, 3.05) is 22.6 Å². The fourth-order valence-electron chi connectivity index (χ4n) is 2.44. The number of nitrogen functional groups attached to an aromatic ring is 1. The number of anilines is 2. The largest absolute Gasteiger partial charge is 0.397 e. The highest BCUT2D eigenvalue weighted by Crippen LogP contribution is 2.28. The highest BCUT2D eigenvalue weighted by molar-refractivity contribution is 7.99. The molecule has 110 valence electrons. The van der Waals surface area contributed by atoms with E-state index < -0.39 is 0 Å². The summed E-state index contributed by atoms with van der Waals surface area (Å²) in [7, 11) is 0. The lowest BCUT2D eigenvalue weighted by molar-refractivity contribution is -0.115. The van der Waals surface area contributed by atoms with E-state index >= 15 is 0 Å². The Morgan fingerprint density at radius 3 is 2.90 bits per heavy atom. The van der Waals surface area contributed by atoms with Gasteiger partial charge in [-0.25, -0.2) is 0 Å². The summed E-state index contributed by atoms with van der Waals surface area (Å²) in [5.41, 5.74) is 6.94. The van der Waals surface area contributed by atoms with E-state index in [1.54, 1.807) is 18.2 Å². The normalized spacial score (nSPS) is 15.4. The number of thioether (sulfide) groups is 1. The smallest absolute Gasteiger partial charge is 0.225 e. The van der Waals surface area contributed by atoms with Gasteiger partial charge in [0.1, 0.15) is 0 Å². The standard InChI is InChI=1S/C15H21ClN2OS/c16-12-5-6-13(17)14(9-12)18-15(19)7-8-20-10-11-3-1-2-4-11/h5-6,9,11H,1-4,7-8,10,17H2,(H,18,19). The molecule has 0 saturated heterocycles. The summed E-state index contributed by atoms with van der Waals surface area (Å²) in [6.45, 7) is 0. The lowest BCUT2D eigenvalue weighted by Gasteiger charge is -2.10. The Morgan fingerprint density at radius 2 is 2.15 bits per heavy atom. The van der Waals surface area contributed by atoms with Gasteiger partial charge in [0.25, 0.3) is 0 Å². The third-order valence-electron chi connectivity index (χ3n) is 3.59. The van der Waals surface area contributed by atoms with Crippen LogP contribution in [0.1, 0.15) is 32.1 Å². The van der Waals surface area contributed by atoms with Crippen molar-refractivity contribution in [3.63, 3.8) is 0 Å². The lowest BCUT2D eigenvalue weighted by atomic mass is 10.1. The molecule has 5 heteroatoms. The minimum atomic E-state index is -0.00195. The summed E-state index contributed by atoms with van der Waals surface area (Å²) < 4.78 is 0. The Balaban J connectivity index is 1.68. The van der Waals surface area contributed by atoms with Gasteiger partial charge < -0.3 is 11.1 Å². The molecule has 0 spiro atoms. The number of carbonyl (C=O) groups is 1. The van der Waals surface area contributed by atoms with E-state index in [9.17, 15) is 4.79 Å². The van der Waals surface area contributed by atoms with Crippen LogP contribution in [0.15, 0.2) is 18.2 Å². The molecule has 1 saturated carbocycles. The summed E-state index contributed by atoms with van der Waals surface area (Å²) in [5, 5.41) is 3.39. The van der Waals surface area contributed by atoms with Gasteiger partial charge in [-0.3, -0.25) is 4.79 Å². The van der Waals surface area contributed by atoms with Gasteiger partial charge in [-0.1, -0.05) is 24.4 Å². The lowest BCUT2D eigenvalue weighted by Crippen LogP contribution is -2.14. The maximum absolute atomic E-state index is 11.8. The van der Waals surface area contributed by atoms with Crippen LogP contribution >= 0.6 is 23.4 Å². The van der Waals surface area contributed by atoms with Crippen LogP contribution in [0.5, 0.6) is 0 Å². The zero-order valence-corrected chi connectivity index (χ0v) is 13.1. The predicted octanol–water partition coefficient (Wildman–Crippen LogP) is 4.17. The molecule has 3 nitrogen and oxygen atoms in total. The highest BCUT2D eigenvalue weighted by Gasteiger charge is 2.14. The Morgan fingerprint density at radius 1 is 1.40 bits per heavy atom. The number of carbonyl (C=O) groups excluding carboxylic acids is 1. The molecule has 1 fully saturated rings. The Labute approximate surface area is 129 Å². The topological polar surface area (TPSA) is 55.1 Å². The molecule has 1 amide bonds. The molecular weight excluding hydrogens is 292 g/mol. The molecule has 1 aliphatic carbocycles. The third kappa shape index (κ3) is 4.91. The van der Waals surface area contributed by atoms with E-state index in [2.05, 4.69) is 5.32 Å². The van der Waals surface area contributed by atoms with Crippen molar-refractivity contribution in [2.24, 2.45) is 5.92 Å². The van der Waals surface area contributed by atoms with Crippen molar-refractivity contribution < 1.29 is 4.79 Å². The van der Waals surface area contributed by atoms with E-state index in [0.29, 0.717) is 22.8 Å². The van der Waals surface area contributed by atoms with Crippen LogP contribution in [0.4, 0.5) is 11.4 Å². The number of amides is 1. The summed E-state index contributed by atoms with van der Waals surface area (Å²) in [6.07, 6.45) is 5.99. The molecule has 0 heterocycles. The molecule has 0 atom stereocenters. The molecule has 1 aromatic rings. The molecular formula is C15H21ClN2OS. The van der Waals surface area contributed by atoms with Crippen molar-refractivity contribution in [1.82, 2.24) is 0 Å². The molecule has 1 aliphatic rings. The van der Waals surface area contributed by atoms with Crippen molar-refractivity contribution in [2.45, 2.75) is 32.1 Å². The summed E-state index contributed by atoms with van der Waals surface area (Å²) in [4.78, 5) is 11.8. The van der Waals surface area contributed by atoms with Gasteiger partial charge in [0, 0.05) is 17.2 Å². The fraction of sp³-hybridized carbons (Fsp3) is 0.533. The minimum absolute atomic E-state index is 0.00195. The van der Waals surface area contributed by atoms with Crippen LogP contribution in [0, 0.1) is 5.92 Å². The first-order valence-electron chi connectivity index (χ1n) is 7.08. The molecule has 1 aromatic carbocycles. The number of halogens is 1. The summed E-state index contributed by atoms with van der Waals surface area (Å²) in [6, 6.07) is 5.09. The average Bonchev–Trinajstić information content (AvgIpc) is 2.92. The van der Waals surface area contributed by atoms with Crippen molar-refractivity contribution in [3.05, 3.63) is 23.2 Å². The maximum Gasteiger partial charge on any atom is 0.225 e. The van der Waals surface area contributed by atoms with Crippen LogP contribution in [0.3, 0.4) is 0 Å². The molecule has 0 radical (unpaired) electrons. The molecule has 0 aliphatic heterocycles. The number of benzene rings is 1. The summed E-state index contributed by atoms with van der Waals surface area (Å²) >= 11 is 7.77. The van der Waals surface area contributed by atoms with E-state index in [1.807, 2.05) is 11.8 Å². The van der Waals surface area contributed by atoms with Gasteiger partial charge in [-0.15, -0.1) is 0 Å². The first kappa shape index (κ1) is 15.5. The van der Waals surface area contributed by atoms with E-state index in [1.165, 1.54) is 31.4 Å².